The molecular formula is C6H8N4O. The van der Waals surface area contributed by atoms with Gasteiger partial charge in [0.05, 0.1) is 11.4 Å². The molecule has 1 heterocycles. The highest BCUT2D eigenvalue weighted by atomic mass is 16.5. The van der Waals surface area contributed by atoms with Gasteiger partial charge in [-0.15, -0.1) is 5.43 Å². The van der Waals surface area contributed by atoms with E-state index < -0.39 is 0 Å². The zero-order chi connectivity index (χ0) is 8.10. The second-order valence-corrected chi connectivity index (χ2v) is 1.92. The lowest BCUT2D eigenvalue weighted by Gasteiger charge is -1.95. The summed E-state index contributed by atoms with van der Waals surface area (Å²) in [6.07, 6.45) is 3.22. The van der Waals surface area contributed by atoms with Crippen LogP contribution in [0.15, 0.2) is 29.7 Å². The van der Waals surface area contributed by atoms with Crippen molar-refractivity contribution in [1.29, 1.82) is 0 Å². The SMILES string of the molecule is C[N+]([O-])=NNc1cccnc1. The van der Waals surface area contributed by atoms with Crippen LogP contribution in [0, 0.1) is 5.21 Å². The Bertz CT molecular complexity index is 242. The van der Waals surface area contributed by atoms with Crippen molar-refractivity contribution < 1.29 is 4.86 Å². The summed E-state index contributed by atoms with van der Waals surface area (Å²) in [7, 11) is 1.30. The van der Waals surface area contributed by atoms with Crippen LogP contribution in [0.5, 0.6) is 0 Å². The fourth-order valence-electron chi connectivity index (χ4n) is 0.557. The summed E-state index contributed by atoms with van der Waals surface area (Å²) < 4.78 is 0. The first-order valence-electron chi connectivity index (χ1n) is 3.06. The van der Waals surface area contributed by atoms with E-state index in [-0.39, 0.29) is 0 Å². The van der Waals surface area contributed by atoms with Crippen LogP contribution in [-0.2, 0) is 0 Å². The van der Waals surface area contributed by atoms with Crippen LogP contribution in [-0.4, -0.2) is 16.9 Å². The normalized spacial score (nSPS) is 11.2. The van der Waals surface area contributed by atoms with Crippen molar-refractivity contribution in [3.63, 3.8) is 0 Å². The molecule has 0 atom stereocenters. The minimum Gasteiger partial charge on any atom is -0.696 e. The Kier molecular flexibility index (Phi) is 2.37. The molecule has 5 nitrogen and oxygen atoms in total. The molecule has 1 aromatic rings. The minimum atomic E-state index is 0.438. The van der Waals surface area contributed by atoms with E-state index in [0.717, 1.165) is 0 Å². The molecule has 11 heavy (non-hydrogen) atoms. The number of nitrogens with zero attached hydrogens (tertiary/aromatic N) is 3. The zero-order valence-corrected chi connectivity index (χ0v) is 6.06. The van der Waals surface area contributed by atoms with Gasteiger partial charge in [-0.3, -0.25) is 4.98 Å². The molecule has 0 spiro atoms. The van der Waals surface area contributed by atoms with Crippen molar-refractivity contribution in [2.24, 2.45) is 5.22 Å². The van der Waals surface area contributed by atoms with E-state index in [4.69, 9.17) is 0 Å². The summed E-state index contributed by atoms with van der Waals surface area (Å²) in [6, 6.07) is 3.52. The summed E-state index contributed by atoms with van der Waals surface area (Å²) >= 11 is 0. The summed E-state index contributed by atoms with van der Waals surface area (Å²) in [6.45, 7) is 0. The van der Waals surface area contributed by atoms with Crippen molar-refractivity contribution in [3.8, 4) is 0 Å². The first-order valence-corrected chi connectivity index (χ1v) is 3.06. The van der Waals surface area contributed by atoms with Crippen LogP contribution in [0.4, 0.5) is 5.69 Å². The maximum absolute atomic E-state index is 10.3. The standard InChI is InChI=1S/C6H8N4O/c1-10(11)9-8-6-3-2-4-7-5-6/h2-5,8H,1H3. The Balaban J connectivity index is 2.59. The van der Waals surface area contributed by atoms with Crippen molar-refractivity contribution >= 4 is 5.69 Å². The van der Waals surface area contributed by atoms with E-state index in [1.54, 1.807) is 24.5 Å². The molecule has 0 aliphatic rings. The molecule has 0 aliphatic heterocycles. The summed E-state index contributed by atoms with van der Waals surface area (Å²) in [4.78, 5) is 4.26. The van der Waals surface area contributed by atoms with E-state index in [2.05, 4.69) is 15.6 Å². The number of pyridine rings is 1. The molecule has 5 heteroatoms. The third kappa shape index (κ3) is 2.61. The van der Waals surface area contributed by atoms with Crippen LogP contribution >= 0.6 is 0 Å². The molecule has 1 aromatic heterocycles. The highest BCUT2D eigenvalue weighted by Crippen LogP contribution is 2.01. The second kappa shape index (κ2) is 3.50. The lowest BCUT2D eigenvalue weighted by Crippen LogP contribution is -1.96. The average Bonchev–Trinajstić information content (AvgIpc) is 2.03. The monoisotopic (exact) mass is 152 g/mol. The molecule has 0 radical (unpaired) electrons. The van der Waals surface area contributed by atoms with E-state index in [1.807, 2.05) is 0 Å². The van der Waals surface area contributed by atoms with Crippen molar-refractivity contribution in [2.45, 2.75) is 0 Å². The van der Waals surface area contributed by atoms with Crippen LogP contribution in [0.3, 0.4) is 0 Å². The Hall–Kier alpha value is -1.65. The van der Waals surface area contributed by atoms with E-state index in [1.165, 1.54) is 7.05 Å². The number of hydroxylamine groups is 1. The quantitative estimate of drug-likeness (QED) is 0.390. The lowest BCUT2D eigenvalue weighted by atomic mass is 10.4. The Morgan fingerprint density at radius 3 is 3.09 bits per heavy atom. The smallest absolute Gasteiger partial charge is 0.165 e. The van der Waals surface area contributed by atoms with Gasteiger partial charge in [-0.05, 0) is 12.1 Å². The first kappa shape index (κ1) is 7.46. The van der Waals surface area contributed by atoms with Gasteiger partial charge in [-0.1, -0.05) is 0 Å². The van der Waals surface area contributed by atoms with Crippen LogP contribution in [0.2, 0.25) is 0 Å². The fraction of sp³-hybridized carbons (Fsp3) is 0.167. The lowest BCUT2D eigenvalue weighted by molar-refractivity contribution is -0.497. The van der Waals surface area contributed by atoms with Gasteiger partial charge < -0.3 is 5.21 Å². The third-order valence-electron chi connectivity index (χ3n) is 0.981. The van der Waals surface area contributed by atoms with E-state index in [9.17, 15) is 5.21 Å². The second-order valence-electron chi connectivity index (χ2n) is 1.92. The van der Waals surface area contributed by atoms with Gasteiger partial charge >= 0.3 is 0 Å². The van der Waals surface area contributed by atoms with Gasteiger partial charge in [0.2, 0.25) is 0 Å². The first-order chi connectivity index (χ1) is 5.29. The van der Waals surface area contributed by atoms with E-state index in [0.29, 0.717) is 10.5 Å². The highest BCUT2D eigenvalue weighted by Gasteiger charge is 1.91. The Morgan fingerprint density at radius 2 is 2.55 bits per heavy atom. The number of hydrogen-bond acceptors (Lipinski definition) is 3. The molecule has 0 fully saturated rings. The van der Waals surface area contributed by atoms with Crippen LogP contribution in [0.1, 0.15) is 0 Å². The van der Waals surface area contributed by atoms with Gasteiger partial charge in [-0.2, -0.15) is 4.86 Å². The number of anilines is 1. The summed E-state index contributed by atoms with van der Waals surface area (Å²) in [5.41, 5.74) is 3.21. The number of rotatable bonds is 2. The molecule has 58 valence electrons. The summed E-state index contributed by atoms with van der Waals surface area (Å²) in [5, 5.41) is 13.7. The Labute approximate surface area is 63.9 Å². The topological polar surface area (TPSA) is 63.4 Å². The molecule has 1 rings (SSSR count). The highest BCUT2D eigenvalue weighted by molar-refractivity contribution is 5.37. The molecule has 0 aliphatic carbocycles. The molecule has 0 bridgehead atoms. The van der Waals surface area contributed by atoms with Gasteiger partial charge in [-0.25, -0.2) is 0 Å². The van der Waals surface area contributed by atoms with Crippen LogP contribution < -0.4 is 5.43 Å². The Morgan fingerprint density at radius 1 is 1.73 bits per heavy atom. The predicted octanol–water partition coefficient (Wildman–Crippen LogP) is 1.00. The molecule has 0 saturated heterocycles. The van der Waals surface area contributed by atoms with Gasteiger partial charge in [0.1, 0.15) is 7.05 Å². The molecule has 0 unspecified atom stereocenters. The number of aromatic nitrogens is 1. The van der Waals surface area contributed by atoms with Crippen molar-refractivity contribution in [1.82, 2.24) is 4.98 Å². The molecule has 1 N–H and O–H groups in total. The number of nitrogens with one attached hydrogen (secondary N) is 1. The van der Waals surface area contributed by atoms with Crippen LogP contribution in [0.25, 0.3) is 0 Å². The summed E-state index contributed by atoms with van der Waals surface area (Å²) in [5.74, 6) is 0. The molecular weight excluding hydrogens is 144 g/mol. The maximum Gasteiger partial charge on any atom is 0.165 e. The molecule has 0 aromatic carbocycles. The molecule has 0 saturated carbocycles. The largest absolute Gasteiger partial charge is 0.696 e. The van der Waals surface area contributed by atoms with Crippen molar-refractivity contribution in [3.05, 3.63) is 29.7 Å². The molecule has 0 amide bonds. The van der Waals surface area contributed by atoms with Gasteiger partial charge in [0, 0.05) is 6.20 Å². The van der Waals surface area contributed by atoms with E-state index >= 15 is 0 Å². The number of hydrogen-bond donors (Lipinski definition) is 1. The predicted molar refractivity (Wildman–Crippen MR) is 39.8 cm³/mol. The third-order valence-corrected chi connectivity index (χ3v) is 0.981. The minimum absolute atomic E-state index is 0.438. The van der Waals surface area contributed by atoms with Gasteiger partial charge in [0.15, 0.2) is 5.69 Å². The van der Waals surface area contributed by atoms with Crippen molar-refractivity contribution in [2.75, 3.05) is 12.5 Å². The average molecular weight is 152 g/mol. The fourth-order valence-corrected chi connectivity index (χ4v) is 0.557. The zero-order valence-electron chi connectivity index (χ0n) is 6.06. The van der Waals surface area contributed by atoms with Gasteiger partial charge in [0.25, 0.3) is 0 Å². The maximum atomic E-state index is 10.3.